The lowest BCUT2D eigenvalue weighted by atomic mass is 10.3. The largest absolute Gasteiger partial charge is 0.489 e. The van der Waals surface area contributed by atoms with E-state index in [0.29, 0.717) is 0 Å². The Labute approximate surface area is 96.2 Å². The maximum Gasteiger partial charge on any atom is 0.265 e. The molecule has 0 aliphatic carbocycles. The zero-order chi connectivity index (χ0) is 11.5. The summed E-state index contributed by atoms with van der Waals surface area (Å²) in [5.41, 5.74) is 0. The summed E-state index contributed by atoms with van der Waals surface area (Å²) in [6, 6.07) is 3.91. The molecule has 1 aromatic carbocycles. The molecule has 0 radical (unpaired) electrons. The number of ether oxygens (including phenoxy) is 1. The number of benzene rings is 1. The Morgan fingerprint density at radius 1 is 1.40 bits per heavy atom. The first-order valence-corrected chi connectivity index (χ1v) is 6.57. The van der Waals surface area contributed by atoms with Crippen LogP contribution in [0.5, 0.6) is 5.75 Å². The molecule has 0 bridgehead atoms. The molecule has 0 aromatic heterocycles. The zero-order valence-electron chi connectivity index (χ0n) is 7.41. The van der Waals surface area contributed by atoms with Gasteiger partial charge in [-0.2, -0.15) is 0 Å². The molecular weight excluding hydrogens is 266 g/mol. The molecule has 0 amide bonds. The van der Waals surface area contributed by atoms with Crippen LogP contribution in [0.25, 0.3) is 0 Å². The maximum absolute atomic E-state index is 11.9. The Morgan fingerprint density at radius 3 is 2.60 bits per heavy atom. The second kappa shape index (κ2) is 5.01. The van der Waals surface area contributed by atoms with Gasteiger partial charge in [-0.25, -0.2) is 12.8 Å². The molecule has 0 saturated carbocycles. The Bertz CT molecular complexity index is 447. The van der Waals surface area contributed by atoms with Gasteiger partial charge in [0.1, 0.15) is 23.9 Å². The van der Waals surface area contributed by atoms with Gasteiger partial charge in [0.15, 0.2) is 0 Å². The molecule has 0 heterocycles. The predicted octanol–water partition coefficient (Wildman–Crippen LogP) is 2.62. The van der Waals surface area contributed by atoms with Crippen molar-refractivity contribution in [3.8, 4) is 5.75 Å². The van der Waals surface area contributed by atoms with Crippen molar-refractivity contribution in [2.75, 3.05) is 13.3 Å². The van der Waals surface area contributed by atoms with Crippen LogP contribution >= 0.6 is 22.3 Å². The van der Waals surface area contributed by atoms with Crippen LogP contribution in [0.4, 0.5) is 4.39 Å². The molecule has 0 unspecified atom stereocenters. The number of alkyl halides is 1. The molecule has 1 rings (SSSR count). The second-order valence-corrected chi connectivity index (χ2v) is 5.54. The minimum absolute atomic E-state index is 0.00736. The van der Waals surface area contributed by atoms with Crippen LogP contribution < -0.4 is 4.74 Å². The average Bonchev–Trinajstić information content (AvgIpc) is 2.14. The highest BCUT2D eigenvalue weighted by molar-refractivity contribution is 8.13. The van der Waals surface area contributed by atoms with Gasteiger partial charge in [-0.15, -0.1) is 0 Å². The summed E-state index contributed by atoms with van der Waals surface area (Å²) in [7, 11) is 1.21. The van der Waals surface area contributed by atoms with Crippen molar-refractivity contribution in [3.63, 3.8) is 0 Å². The fraction of sp³-hybridized carbons (Fsp3) is 0.250. The molecule has 84 valence electrons. The standard InChI is InChI=1S/C8H7Cl2FO3S/c9-6-1-2-7(14-4-3-11)8(5-6)15(10,12)13/h1-2,5H,3-4H2. The van der Waals surface area contributed by atoms with E-state index >= 15 is 0 Å². The van der Waals surface area contributed by atoms with E-state index < -0.39 is 15.7 Å². The van der Waals surface area contributed by atoms with Crippen molar-refractivity contribution >= 4 is 31.3 Å². The van der Waals surface area contributed by atoms with Gasteiger partial charge in [-0.3, -0.25) is 0 Å². The monoisotopic (exact) mass is 272 g/mol. The highest BCUT2D eigenvalue weighted by Crippen LogP contribution is 2.29. The molecule has 0 N–H and O–H groups in total. The number of halogens is 3. The number of rotatable bonds is 4. The lowest BCUT2D eigenvalue weighted by Crippen LogP contribution is -2.03. The lowest BCUT2D eigenvalue weighted by molar-refractivity contribution is 0.267. The molecule has 0 fully saturated rings. The second-order valence-electron chi connectivity index (χ2n) is 2.57. The third-order valence-electron chi connectivity index (χ3n) is 1.50. The quantitative estimate of drug-likeness (QED) is 0.792. The predicted molar refractivity (Wildman–Crippen MR) is 56.0 cm³/mol. The van der Waals surface area contributed by atoms with Crippen molar-refractivity contribution in [1.82, 2.24) is 0 Å². The normalized spacial score (nSPS) is 11.4. The van der Waals surface area contributed by atoms with E-state index in [0.717, 1.165) is 6.07 Å². The molecule has 0 aliphatic rings. The Kier molecular flexibility index (Phi) is 4.19. The number of hydrogen-bond donors (Lipinski definition) is 0. The molecule has 7 heteroatoms. The van der Waals surface area contributed by atoms with Crippen LogP contribution in [-0.2, 0) is 9.05 Å². The summed E-state index contributed by atoms with van der Waals surface area (Å²) >= 11 is 5.60. The van der Waals surface area contributed by atoms with E-state index in [1.807, 2.05) is 0 Å². The van der Waals surface area contributed by atoms with E-state index in [9.17, 15) is 12.8 Å². The molecule has 0 spiro atoms. The van der Waals surface area contributed by atoms with Crippen LogP contribution in [0.15, 0.2) is 23.1 Å². The van der Waals surface area contributed by atoms with E-state index in [-0.39, 0.29) is 22.3 Å². The molecule has 3 nitrogen and oxygen atoms in total. The topological polar surface area (TPSA) is 43.4 Å². The van der Waals surface area contributed by atoms with Crippen LogP contribution in [0.2, 0.25) is 5.02 Å². The van der Waals surface area contributed by atoms with Crippen molar-refractivity contribution < 1.29 is 17.5 Å². The van der Waals surface area contributed by atoms with Crippen LogP contribution in [0, 0.1) is 0 Å². The van der Waals surface area contributed by atoms with Crippen molar-refractivity contribution in [2.24, 2.45) is 0 Å². The Balaban J connectivity index is 3.15. The first-order chi connectivity index (χ1) is 6.95. The first-order valence-electron chi connectivity index (χ1n) is 3.88. The van der Waals surface area contributed by atoms with Crippen molar-refractivity contribution in [1.29, 1.82) is 0 Å². The lowest BCUT2D eigenvalue weighted by Gasteiger charge is -2.07. The number of hydrogen-bond acceptors (Lipinski definition) is 3. The summed E-state index contributed by atoms with van der Waals surface area (Å²) in [4.78, 5) is -0.259. The fourth-order valence-electron chi connectivity index (χ4n) is 0.940. The highest BCUT2D eigenvalue weighted by Gasteiger charge is 2.17. The molecule has 1 aromatic rings. The molecule has 0 saturated heterocycles. The minimum atomic E-state index is -3.95. The summed E-state index contributed by atoms with van der Waals surface area (Å²) in [5.74, 6) is -0.00736. The molecule has 0 aliphatic heterocycles. The average molecular weight is 273 g/mol. The van der Waals surface area contributed by atoms with Crippen LogP contribution in [0.1, 0.15) is 0 Å². The summed E-state index contributed by atoms with van der Waals surface area (Å²) in [6.45, 7) is -0.953. The van der Waals surface area contributed by atoms with E-state index in [1.54, 1.807) is 0 Å². The summed E-state index contributed by atoms with van der Waals surface area (Å²) in [5, 5.41) is 0.210. The van der Waals surface area contributed by atoms with Gasteiger partial charge in [-0.05, 0) is 18.2 Å². The Morgan fingerprint density at radius 2 is 2.07 bits per heavy atom. The molecule has 0 atom stereocenters. The molecular formula is C8H7Cl2FO3S. The third kappa shape index (κ3) is 3.52. The van der Waals surface area contributed by atoms with Gasteiger partial charge < -0.3 is 4.74 Å². The molecule has 15 heavy (non-hydrogen) atoms. The Hall–Kier alpha value is -0.520. The summed E-state index contributed by atoms with van der Waals surface area (Å²) < 4.78 is 38.9. The van der Waals surface area contributed by atoms with Gasteiger partial charge in [0.05, 0.1) is 0 Å². The van der Waals surface area contributed by atoms with Crippen molar-refractivity contribution in [2.45, 2.75) is 4.90 Å². The zero-order valence-corrected chi connectivity index (χ0v) is 9.74. The third-order valence-corrected chi connectivity index (χ3v) is 3.08. The van der Waals surface area contributed by atoms with E-state index in [4.69, 9.17) is 27.0 Å². The SMILES string of the molecule is O=S(=O)(Cl)c1cc(Cl)ccc1OCCF. The summed E-state index contributed by atoms with van der Waals surface area (Å²) in [6.07, 6.45) is 0. The van der Waals surface area contributed by atoms with Gasteiger partial charge >= 0.3 is 0 Å². The van der Waals surface area contributed by atoms with Gasteiger partial charge in [0.25, 0.3) is 9.05 Å². The van der Waals surface area contributed by atoms with Crippen molar-refractivity contribution in [3.05, 3.63) is 23.2 Å². The smallest absolute Gasteiger partial charge is 0.265 e. The maximum atomic E-state index is 11.9. The highest BCUT2D eigenvalue weighted by atomic mass is 35.7. The van der Waals surface area contributed by atoms with Crippen LogP contribution in [-0.4, -0.2) is 21.7 Å². The fourth-order valence-corrected chi connectivity index (χ4v) is 2.17. The van der Waals surface area contributed by atoms with Gasteiger partial charge in [-0.1, -0.05) is 11.6 Å². The van der Waals surface area contributed by atoms with Crippen LogP contribution in [0.3, 0.4) is 0 Å². The van der Waals surface area contributed by atoms with E-state index in [2.05, 4.69) is 0 Å². The minimum Gasteiger partial charge on any atom is -0.489 e. The van der Waals surface area contributed by atoms with Gasteiger partial charge in [0, 0.05) is 15.7 Å². The first kappa shape index (κ1) is 12.5. The van der Waals surface area contributed by atoms with Gasteiger partial charge in [0.2, 0.25) is 0 Å². The van der Waals surface area contributed by atoms with E-state index in [1.165, 1.54) is 12.1 Å².